The van der Waals surface area contributed by atoms with Gasteiger partial charge in [-0.2, -0.15) is 0 Å². The number of fused-ring (bicyclic) bond motifs is 1. The molecule has 2 aromatic carbocycles. The van der Waals surface area contributed by atoms with Crippen molar-refractivity contribution in [2.45, 2.75) is 13.1 Å². The Hall–Kier alpha value is -3.05. The topological polar surface area (TPSA) is 54.5 Å². The smallest absolute Gasteiger partial charge is 0.262 e. The number of ether oxygens (including phenoxy) is 1. The van der Waals surface area contributed by atoms with Crippen LogP contribution in [0, 0.1) is 0 Å². The molecule has 1 N–H and O–H groups in total. The van der Waals surface area contributed by atoms with Crippen LogP contribution in [0.2, 0.25) is 5.02 Å². The number of hydrogen-bond acceptors (Lipinski definition) is 4. The van der Waals surface area contributed by atoms with Crippen LogP contribution in [-0.2, 0) is 0 Å². The van der Waals surface area contributed by atoms with Gasteiger partial charge in [-0.25, -0.2) is 0 Å². The highest BCUT2D eigenvalue weighted by Crippen LogP contribution is 2.37. The molecule has 0 unspecified atom stereocenters. The molecule has 0 aliphatic carbocycles. The highest BCUT2D eigenvalue weighted by Gasteiger charge is 2.38. The number of hydrogen-bond donors (Lipinski definition) is 1. The van der Waals surface area contributed by atoms with Gasteiger partial charge in [0.25, 0.3) is 5.91 Å². The van der Waals surface area contributed by atoms with Gasteiger partial charge in [-0.1, -0.05) is 11.6 Å². The van der Waals surface area contributed by atoms with Crippen molar-refractivity contribution in [2.75, 3.05) is 16.8 Å². The van der Waals surface area contributed by atoms with Crippen molar-refractivity contribution < 1.29 is 9.53 Å². The summed E-state index contributed by atoms with van der Waals surface area (Å²) in [6.07, 6.45) is 1.29. The molecule has 0 radical (unpaired) electrons. The number of benzene rings is 2. The van der Waals surface area contributed by atoms with Gasteiger partial charge in [-0.15, -0.1) is 0 Å². The molecule has 0 bridgehead atoms. The molecule has 0 saturated heterocycles. The highest BCUT2D eigenvalue weighted by atomic mass is 35.5. The number of nitrogens with one attached hydrogen (secondary N) is 1. The van der Waals surface area contributed by atoms with Gasteiger partial charge in [0.15, 0.2) is 6.17 Å². The molecule has 0 fully saturated rings. The zero-order valence-corrected chi connectivity index (χ0v) is 15.5. The number of halogens is 1. The van der Waals surface area contributed by atoms with Crippen molar-refractivity contribution >= 4 is 28.9 Å². The lowest BCUT2D eigenvalue weighted by atomic mass is 10.2. The minimum absolute atomic E-state index is 0.0891. The van der Waals surface area contributed by atoms with Crippen LogP contribution in [0.4, 0.5) is 11.4 Å². The van der Waals surface area contributed by atoms with E-state index >= 15 is 0 Å². The first-order chi connectivity index (χ1) is 13.2. The van der Waals surface area contributed by atoms with Gasteiger partial charge >= 0.3 is 0 Å². The van der Waals surface area contributed by atoms with E-state index in [2.05, 4.69) is 10.3 Å². The van der Waals surface area contributed by atoms with Gasteiger partial charge in [0.1, 0.15) is 5.75 Å². The van der Waals surface area contributed by atoms with Crippen LogP contribution < -0.4 is 15.0 Å². The fraction of sp³-hybridized carbons (Fsp3) is 0.143. The second-order valence-corrected chi connectivity index (χ2v) is 6.53. The van der Waals surface area contributed by atoms with Crippen LogP contribution in [0.15, 0.2) is 66.9 Å². The summed E-state index contributed by atoms with van der Waals surface area (Å²) in [5.74, 6) is 0.680. The van der Waals surface area contributed by atoms with Crippen LogP contribution in [0.1, 0.15) is 29.1 Å². The maximum Gasteiger partial charge on any atom is 0.262 e. The number of carbonyl (C=O) groups is 1. The number of carbonyl (C=O) groups excluding carboxylic acids is 1. The Labute approximate surface area is 162 Å². The van der Waals surface area contributed by atoms with E-state index < -0.39 is 6.17 Å². The predicted octanol–water partition coefficient (Wildman–Crippen LogP) is 4.90. The summed E-state index contributed by atoms with van der Waals surface area (Å²) in [4.78, 5) is 19.2. The van der Waals surface area contributed by atoms with E-state index in [0.717, 1.165) is 17.1 Å². The summed E-state index contributed by atoms with van der Waals surface area (Å²) < 4.78 is 5.50. The lowest BCUT2D eigenvalue weighted by Gasteiger charge is -2.26. The molecule has 27 heavy (non-hydrogen) atoms. The monoisotopic (exact) mass is 379 g/mol. The Morgan fingerprint density at radius 2 is 1.85 bits per heavy atom. The molecule has 0 saturated carbocycles. The van der Waals surface area contributed by atoms with Crippen LogP contribution in [0.5, 0.6) is 5.75 Å². The van der Waals surface area contributed by atoms with Crippen molar-refractivity contribution in [3.63, 3.8) is 0 Å². The summed E-state index contributed by atoms with van der Waals surface area (Å²) in [6.45, 7) is 2.53. The molecule has 1 amide bonds. The van der Waals surface area contributed by atoms with E-state index in [-0.39, 0.29) is 5.91 Å². The molecule has 1 aromatic heterocycles. The van der Waals surface area contributed by atoms with Gasteiger partial charge in [-0.05, 0) is 67.6 Å². The normalized spacial score (nSPS) is 15.6. The summed E-state index contributed by atoms with van der Waals surface area (Å²) in [7, 11) is 0. The first-order valence-corrected chi connectivity index (χ1v) is 9.08. The molecule has 0 spiro atoms. The summed E-state index contributed by atoms with van der Waals surface area (Å²) in [5.41, 5.74) is 2.92. The zero-order valence-electron chi connectivity index (χ0n) is 14.7. The van der Waals surface area contributed by atoms with Crippen LogP contribution in [0.25, 0.3) is 0 Å². The molecule has 5 nitrogen and oxygen atoms in total. The van der Waals surface area contributed by atoms with E-state index in [1.54, 1.807) is 35.4 Å². The Kier molecular flexibility index (Phi) is 4.69. The molecule has 6 heteroatoms. The Balaban J connectivity index is 1.71. The van der Waals surface area contributed by atoms with E-state index in [9.17, 15) is 4.79 Å². The van der Waals surface area contributed by atoms with E-state index in [4.69, 9.17) is 16.3 Å². The van der Waals surface area contributed by atoms with Crippen molar-refractivity contribution in [1.29, 1.82) is 0 Å². The molecule has 3 aromatic rings. The first kappa shape index (κ1) is 17.4. The van der Waals surface area contributed by atoms with Crippen molar-refractivity contribution in [2.24, 2.45) is 0 Å². The lowest BCUT2D eigenvalue weighted by Crippen LogP contribution is -2.32. The van der Waals surface area contributed by atoms with Crippen LogP contribution in [-0.4, -0.2) is 17.5 Å². The highest BCUT2D eigenvalue weighted by molar-refractivity contribution is 6.30. The molecule has 1 aliphatic heterocycles. The number of aromatic nitrogens is 1. The Morgan fingerprint density at radius 3 is 2.56 bits per heavy atom. The van der Waals surface area contributed by atoms with Crippen LogP contribution in [0.3, 0.4) is 0 Å². The van der Waals surface area contributed by atoms with E-state index in [1.165, 1.54) is 0 Å². The molecule has 2 heterocycles. The lowest BCUT2D eigenvalue weighted by molar-refractivity contribution is 0.0993. The second kappa shape index (κ2) is 7.29. The number of anilines is 2. The fourth-order valence-corrected chi connectivity index (χ4v) is 3.28. The first-order valence-electron chi connectivity index (χ1n) is 8.71. The van der Waals surface area contributed by atoms with E-state index in [0.29, 0.717) is 22.9 Å². The summed E-state index contributed by atoms with van der Waals surface area (Å²) >= 11 is 5.98. The SMILES string of the molecule is CCOc1ccc(N2C(=O)c3cccnc3[C@@H]2Nc2ccc(Cl)cc2)cc1. The fourth-order valence-electron chi connectivity index (χ4n) is 3.16. The molecule has 136 valence electrons. The minimum atomic E-state index is -0.409. The Bertz CT molecular complexity index is 958. The molecule has 1 aliphatic rings. The van der Waals surface area contributed by atoms with Gasteiger partial charge in [-0.3, -0.25) is 14.7 Å². The zero-order chi connectivity index (χ0) is 18.8. The number of nitrogens with zero attached hydrogens (tertiary/aromatic N) is 2. The summed E-state index contributed by atoms with van der Waals surface area (Å²) in [5, 5.41) is 4.05. The minimum Gasteiger partial charge on any atom is -0.494 e. The summed E-state index contributed by atoms with van der Waals surface area (Å²) in [6, 6.07) is 18.4. The molecule has 4 rings (SSSR count). The number of amides is 1. The number of rotatable bonds is 5. The largest absolute Gasteiger partial charge is 0.494 e. The second-order valence-electron chi connectivity index (χ2n) is 6.09. The predicted molar refractivity (Wildman–Crippen MR) is 106 cm³/mol. The molecular weight excluding hydrogens is 362 g/mol. The van der Waals surface area contributed by atoms with Crippen molar-refractivity contribution in [1.82, 2.24) is 4.98 Å². The maximum atomic E-state index is 13.1. The van der Waals surface area contributed by atoms with Crippen molar-refractivity contribution in [3.05, 3.63) is 83.1 Å². The maximum absolute atomic E-state index is 13.1. The third kappa shape index (κ3) is 3.34. The van der Waals surface area contributed by atoms with Crippen LogP contribution >= 0.6 is 11.6 Å². The van der Waals surface area contributed by atoms with E-state index in [1.807, 2.05) is 43.3 Å². The van der Waals surface area contributed by atoms with Gasteiger partial charge < -0.3 is 10.1 Å². The average Bonchev–Trinajstić information content (AvgIpc) is 2.97. The van der Waals surface area contributed by atoms with Gasteiger partial charge in [0.05, 0.1) is 17.9 Å². The number of pyridine rings is 1. The van der Waals surface area contributed by atoms with Crippen molar-refractivity contribution in [3.8, 4) is 5.75 Å². The average molecular weight is 380 g/mol. The van der Waals surface area contributed by atoms with Gasteiger partial charge in [0.2, 0.25) is 0 Å². The standard InChI is InChI=1S/C21H18ClN3O2/c1-2-27-17-11-9-16(10-12-17)25-20(24-15-7-5-14(22)6-8-15)19-18(21(25)26)4-3-13-23-19/h3-13,20,24H,2H2,1H3/t20-/m1/s1. The van der Waals surface area contributed by atoms with Gasteiger partial charge in [0, 0.05) is 22.6 Å². The Morgan fingerprint density at radius 1 is 1.11 bits per heavy atom. The molecular formula is C21H18ClN3O2. The quantitative estimate of drug-likeness (QED) is 0.684. The third-order valence-corrected chi connectivity index (χ3v) is 4.63. The third-order valence-electron chi connectivity index (χ3n) is 4.38. The molecule has 1 atom stereocenters.